The molecule has 4 rings (SSSR count). The van der Waals surface area contributed by atoms with Gasteiger partial charge in [0.2, 0.25) is 5.91 Å². The van der Waals surface area contributed by atoms with Gasteiger partial charge in [0.1, 0.15) is 6.04 Å². The van der Waals surface area contributed by atoms with Crippen LogP contribution in [0.2, 0.25) is 0 Å². The van der Waals surface area contributed by atoms with E-state index < -0.39 is 6.04 Å². The molecule has 0 saturated carbocycles. The zero-order valence-corrected chi connectivity index (χ0v) is 17.3. The van der Waals surface area contributed by atoms with Crippen molar-refractivity contribution in [3.05, 3.63) is 77.6 Å². The highest BCUT2D eigenvalue weighted by atomic mass is 16.2. The minimum Gasteiger partial charge on any atom is -0.341 e. The Hall–Kier alpha value is -3.06. The lowest BCUT2D eigenvalue weighted by molar-refractivity contribution is -0.135. The van der Waals surface area contributed by atoms with Crippen LogP contribution in [0, 0.1) is 5.92 Å². The van der Waals surface area contributed by atoms with Crippen molar-refractivity contribution in [3.63, 3.8) is 0 Å². The number of rotatable bonds is 7. The first kappa shape index (κ1) is 20.2. The van der Waals surface area contributed by atoms with E-state index in [1.54, 1.807) is 4.68 Å². The van der Waals surface area contributed by atoms with E-state index in [1.165, 1.54) is 0 Å². The molecule has 1 atom stereocenters. The van der Waals surface area contributed by atoms with E-state index in [4.69, 9.17) is 0 Å². The molecule has 0 bridgehead atoms. The first-order chi connectivity index (χ1) is 14.7. The molecule has 0 aliphatic carbocycles. The molecule has 1 aromatic heterocycles. The zero-order valence-electron chi connectivity index (χ0n) is 17.3. The second-order valence-electron chi connectivity index (χ2n) is 7.97. The Morgan fingerprint density at radius 3 is 2.43 bits per heavy atom. The summed E-state index contributed by atoms with van der Waals surface area (Å²) in [7, 11) is 0. The van der Waals surface area contributed by atoms with Crippen LogP contribution in [0.15, 0.2) is 60.7 Å². The number of aromatic nitrogens is 4. The molecule has 1 saturated heterocycles. The summed E-state index contributed by atoms with van der Waals surface area (Å²) in [6.07, 6.45) is 2.12. The summed E-state index contributed by atoms with van der Waals surface area (Å²) < 4.78 is 1.78. The fourth-order valence-corrected chi connectivity index (χ4v) is 3.83. The van der Waals surface area contributed by atoms with Crippen molar-refractivity contribution in [3.8, 4) is 0 Å². The van der Waals surface area contributed by atoms with Gasteiger partial charge in [-0.2, -0.15) is 0 Å². The average molecular weight is 405 g/mol. The fourth-order valence-electron chi connectivity index (χ4n) is 3.83. The van der Waals surface area contributed by atoms with Gasteiger partial charge in [0.05, 0.1) is 13.1 Å². The number of carbonyl (C=O) groups excluding carboxylic acids is 1. The highest BCUT2D eigenvalue weighted by Gasteiger charge is 2.28. The molecule has 7 nitrogen and oxygen atoms in total. The van der Waals surface area contributed by atoms with E-state index in [9.17, 15) is 4.79 Å². The van der Waals surface area contributed by atoms with Gasteiger partial charge < -0.3 is 4.90 Å². The van der Waals surface area contributed by atoms with Gasteiger partial charge in [0, 0.05) is 13.1 Å². The topological polar surface area (TPSA) is 75.9 Å². The third kappa shape index (κ3) is 4.91. The van der Waals surface area contributed by atoms with E-state index >= 15 is 0 Å². The summed E-state index contributed by atoms with van der Waals surface area (Å²) in [5, 5.41) is 15.6. The van der Waals surface area contributed by atoms with Crippen molar-refractivity contribution in [1.82, 2.24) is 30.4 Å². The van der Waals surface area contributed by atoms with E-state index in [0.717, 1.165) is 37.1 Å². The predicted octanol–water partition coefficient (Wildman–Crippen LogP) is 2.81. The fraction of sp³-hybridized carbons (Fsp3) is 0.391. The van der Waals surface area contributed by atoms with Crippen LogP contribution in [0.1, 0.15) is 42.8 Å². The summed E-state index contributed by atoms with van der Waals surface area (Å²) in [5.74, 6) is 1.51. The van der Waals surface area contributed by atoms with Gasteiger partial charge in [-0.3, -0.25) is 10.1 Å². The van der Waals surface area contributed by atoms with Crippen LogP contribution in [0.5, 0.6) is 0 Å². The maximum atomic E-state index is 13.3. The van der Waals surface area contributed by atoms with Crippen LogP contribution in [0.3, 0.4) is 0 Å². The molecular formula is C23H28N6O. The number of carbonyl (C=O) groups is 1. The highest BCUT2D eigenvalue weighted by Crippen LogP contribution is 2.22. The van der Waals surface area contributed by atoms with Crippen LogP contribution in [-0.2, 0) is 17.9 Å². The quantitative estimate of drug-likeness (QED) is 0.655. The summed E-state index contributed by atoms with van der Waals surface area (Å²) in [6, 6.07) is 19.6. The molecule has 1 aliphatic heterocycles. The lowest BCUT2D eigenvalue weighted by Crippen LogP contribution is -2.44. The Morgan fingerprint density at radius 1 is 1.07 bits per heavy atom. The Kier molecular flexibility index (Phi) is 6.49. The lowest BCUT2D eigenvalue weighted by atomic mass is 9.97. The van der Waals surface area contributed by atoms with Crippen molar-refractivity contribution in [2.24, 2.45) is 5.92 Å². The second-order valence-corrected chi connectivity index (χ2v) is 7.97. The number of likely N-dealkylation sites (tertiary alicyclic amines) is 1. The molecule has 7 heteroatoms. The standard InChI is InChI=1S/C23H28N6O/c1-18-12-14-28(15-13-18)23(30)22(20-10-6-3-7-11-20)24-16-21-25-26-27-29(21)17-19-8-4-2-5-9-19/h2-11,18,22,24H,12-17H2,1H3. The Bertz CT molecular complexity index is 935. The predicted molar refractivity (Wildman–Crippen MR) is 114 cm³/mol. The third-order valence-electron chi connectivity index (χ3n) is 5.72. The molecule has 3 aromatic rings. The van der Waals surface area contributed by atoms with Crippen LogP contribution in [0.4, 0.5) is 0 Å². The van der Waals surface area contributed by atoms with Crippen LogP contribution in [0.25, 0.3) is 0 Å². The number of nitrogens with zero attached hydrogens (tertiary/aromatic N) is 5. The van der Waals surface area contributed by atoms with E-state index in [2.05, 4.69) is 27.8 Å². The average Bonchev–Trinajstić information content (AvgIpc) is 3.22. The normalized spacial score (nSPS) is 15.8. The molecule has 0 radical (unpaired) electrons. The third-order valence-corrected chi connectivity index (χ3v) is 5.72. The van der Waals surface area contributed by atoms with Gasteiger partial charge in [-0.15, -0.1) is 5.10 Å². The Balaban J connectivity index is 1.48. The molecular weight excluding hydrogens is 376 g/mol. The summed E-state index contributed by atoms with van der Waals surface area (Å²) in [6.45, 7) is 4.89. The molecule has 1 unspecified atom stereocenters. The number of amides is 1. The molecule has 2 aromatic carbocycles. The maximum Gasteiger partial charge on any atom is 0.244 e. The first-order valence-electron chi connectivity index (χ1n) is 10.6. The number of hydrogen-bond donors (Lipinski definition) is 1. The molecule has 2 heterocycles. The van der Waals surface area contributed by atoms with Crippen molar-refractivity contribution in [1.29, 1.82) is 0 Å². The van der Waals surface area contributed by atoms with E-state index in [1.807, 2.05) is 65.6 Å². The van der Waals surface area contributed by atoms with Crippen molar-refractivity contribution in [2.75, 3.05) is 13.1 Å². The largest absolute Gasteiger partial charge is 0.341 e. The van der Waals surface area contributed by atoms with Crippen LogP contribution >= 0.6 is 0 Å². The SMILES string of the molecule is CC1CCN(C(=O)C(NCc2nnnn2Cc2ccccc2)c2ccccc2)CC1. The van der Waals surface area contributed by atoms with E-state index in [0.29, 0.717) is 24.8 Å². The van der Waals surface area contributed by atoms with Crippen LogP contribution < -0.4 is 5.32 Å². The lowest BCUT2D eigenvalue weighted by Gasteiger charge is -2.33. The molecule has 0 spiro atoms. The summed E-state index contributed by atoms with van der Waals surface area (Å²) in [5.41, 5.74) is 2.09. The van der Waals surface area contributed by atoms with E-state index in [-0.39, 0.29) is 5.91 Å². The molecule has 156 valence electrons. The van der Waals surface area contributed by atoms with Gasteiger partial charge in [0.15, 0.2) is 5.82 Å². The molecule has 1 fully saturated rings. The monoisotopic (exact) mass is 404 g/mol. The van der Waals surface area contributed by atoms with Crippen molar-refractivity contribution in [2.45, 2.75) is 38.9 Å². The van der Waals surface area contributed by atoms with Crippen molar-refractivity contribution < 1.29 is 4.79 Å². The number of tetrazole rings is 1. The highest BCUT2D eigenvalue weighted by molar-refractivity contribution is 5.83. The van der Waals surface area contributed by atoms with Gasteiger partial charge in [0.25, 0.3) is 0 Å². The molecule has 1 amide bonds. The molecule has 30 heavy (non-hydrogen) atoms. The number of hydrogen-bond acceptors (Lipinski definition) is 5. The number of nitrogens with one attached hydrogen (secondary N) is 1. The second kappa shape index (κ2) is 9.63. The zero-order chi connectivity index (χ0) is 20.8. The first-order valence-corrected chi connectivity index (χ1v) is 10.6. The number of benzene rings is 2. The maximum absolute atomic E-state index is 13.3. The van der Waals surface area contributed by atoms with Crippen LogP contribution in [-0.4, -0.2) is 44.1 Å². The summed E-state index contributed by atoms with van der Waals surface area (Å²) >= 11 is 0. The number of piperidine rings is 1. The van der Waals surface area contributed by atoms with Gasteiger partial charge in [-0.25, -0.2) is 4.68 Å². The van der Waals surface area contributed by atoms with Gasteiger partial charge in [-0.05, 0) is 40.3 Å². The van der Waals surface area contributed by atoms with Gasteiger partial charge in [-0.1, -0.05) is 67.6 Å². The Labute approximate surface area is 177 Å². The minimum absolute atomic E-state index is 0.121. The minimum atomic E-state index is -0.415. The smallest absolute Gasteiger partial charge is 0.244 e. The van der Waals surface area contributed by atoms with Crippen molar-refractivity contribution >= 4 is 5.91 Å². The Morgan fingerprint density at radius 2 is 1.73 bits per heavy atom. The van der Waals surface area contributed by atoms with Gasteiger partial charge >= 0.3 is 0 Å². The summed E-state index contributed by atoms with van der Waals surface area (Å²) in [4.78, 5) is 15.3. The molecule has 1 N–H and O–H groups in total. The molecule has 1 aliphatic rings.